The molecule has 0 aromatic heterocycles. The lowest BCUT2D eigenvalue weighted by Gasteiger charge is -2.14. The number of fused-ring (bicyclic) bond motifs is 3. The largest absolute Gasteiger partial charge is 0.449 e. The minimum absolute atomic E-state index is 0.0830. The van der Waals surface area contributed by atoms with E-state index in [2.05, 4.69) is 29.6 Å². The predicted octanol–water partition coefficient (Wildman–Crippen LogP) is 4.89. The van der Waals surface area contributed by atoms with Crippen molar-refractivity contribution in [2.75, 3.05) is 24.7 Å². The van der Waals surface area contributed by atoms with Gasteiger partial charge in [-0.2, -0.15) is 0 Å². The van der Waals surface area contributed by atoms with E-state index in [0.29, 0.717) is 19.6 Å². The maximum atomic E-state index is 12.0. The highest BCUT2D eigenvalue weighted by Gasteiger charge is 2.28. The second-order valence-electron chi connectivity index (χ2n) is 6.35. The zero-order chi connectivity index (χ0) is 19.1. The molecule has 0 radical (unpaired) electrons. The Labute approximate surface area is 167 Å². The maximum Gasteiger partial charge on any atom is 0.407 e. The quantitative estimate of drug-likeness (QED) is 0.479. The van der Waals surface area contributed by atoms with Crippen LogP contribution in [0.2, 0.25) is 0 Å². The monoisotopic (exact) mass is 401 g/mol. The van der Waals surface area contributed by atoms with Crippen molar-refractivity contribution in [2.45, 2.75) is 19.3 Å². The number of hydrogen-bond donors (Lipinski definition) is 1. The molecule has 142 valence electrons. The zero-order valence-corrected chi connectivity index (χ0v) is 16.9. The number of alkyl carbamates (subject to hydrolysis) is 1. The molecule has 3 rings (SSSR count). The van der Waals surface area contributed by atoms with Gasteiger partial charge in [-0.25, -0.2) is 4.79 Å². The van der Waals surface area contributed by atoms with Crippen molar-refractivity contribution in [3.8, 4) is 11.1 Å². The van der Waals surface area contributed by atoms with Gasteiger partial charge in [-0.1, -0.05) is 70.1 Å². The molecule has 0 fully saturated rings. The molecule has 1 aliphatic carbocycles. The fraction of sp³-hybridized carbons (Fsp3) is 0.333. The Balaban J connectivity index is 1.44. The van der Waals surface area contributed by atoms with Crippen molar-refractivity contribution in [3.63, 3.8) is 0 Å². The van der Waals surface area contributed by atoms with E-state index in [1.807, 2.05) is 24.3 Å². The summed E-state index contributed by atoms with van der Waals surface area (Å²) in [5.41, 5.74) is 4.87. The van der Waals surface area contributed by atoms with Crippen LogP contribution in [0.15, 0.2) is 48.5 Å². The van der Waals surface area contributed by atoms with Crippen LogP contribution in [-0.2, 0) is 9.53 Å². The fourth-order valence-electron chi connectivity index (χ4n) is 3.15. The molecule has 1 aliphatic rings. The van der Waals surface area contributed by atoms with Crippen LogP contribution in [0.4, 0.5) is 4.79 Å². The summed E-state index contributed by atoms with van der Waals surface area (Å²) in [6.45, 7) is 2.48. The fourth-order valence-corrected chi connectivity index (χ4v) is 5.15. The SMILES string of the molecule is CC(=O)CCSSCCNC(=O)OCC1c2ccccc2-c2ccccc21. The van der Waals surface area contributed by atoms with Gasteiger partial charge in [0.2, 0.25) is 0 Å². The molecular formula is C21H23NO3S2. The van der Waals surface area contributed by atoms with Gasteiger partial charge in [0.15, 0.2) is 0 Å². The number of amides is 1. The van der Waals surface area contributed by atoms with Crippen molar-refractivity contribution in [1.82, 2.24) is 5.32 Å². The van der Waals surface area contributed by atoms with Crippen molar-refractivity contribution in [1.29, 1.82) is 0 Å². The van der Waals surface area contributed by atoms with E-state index in [-0.39, 0.29) is 17.8 Å². The Morgan fingerprint density at radius 2 is 1.56 bits per heavy atom. The van der Waals surface area contributed by atoms with Gasteiger partial charge >= 0.3 is 6.09 Å². The van der Waals surface area contributed by atoms with E-state index in [4.69, 9.17) is 4.74 Å². The van der Waals surface area contributed by atoms with E-state index >= 15 is 0 Å². The van der Waals surface area contributed by atoms with E-state index in [9.17, 15) is 9.59 Å². The van der Waals surface area contributed by atoms with Crippen molar-refractivity contribution in [3.05, 3.63) is 59.7 Å². The number of nitrogens with one attached hydrogen (secondary N) is 1. The number of Topliss-reactive ketones (excluding diaryl/α,β-unsaturated/α-hetero) is 1. The number of carbonyl (C=O) groups is 2. The van der Waals surface area contributed by atoms with Crippen LogP contribution < -0.4 is 5.32 Å². The first kappa shape index (κ1) is 19.8. The van der Waals surface area contributed by atoms with Crippen molar-refractivity contribution >= 4 is 33.5 Å². The summed E-state index contributed by atoms with van der Waals surface area (Å²) in [7, 11) is 3.31. The Morgan fingerprint density at radius 3 is 2.19 bits per heavy atom. The number of benzene rings is 2. The maximum absolute atomic E-state index is 12.0. The van der Waals surface area contributed by atoms with Gasteiger partial charge in [0.05, 0.1) is 0 Å². The summed E-state index contributed by atoms with van der Waals surface area (Å²) < 4.78 is 5.49. The van der Waals surface area contributed by atoms with Gasteiger partial charge in [0, 0.05) is 30.4 Å². The number of rotatable bonds is 9. The van der Waals surface area contributed by atoms with Gasteiger partial charge in [0.1, 0.15) is 12.4 Å². The Morgan fingerprint density at radius 1 is 0.963 bits per heavy atom. The molecule has 0 atom stereocenters. The molecule has 0 saturated heterocycles. The lowest BCUT2D eigenvalue weighted by atomic mass is 9.98. The summed E-state index contributed by atoms with van der Waals surface area (Å²) in [6.07, 6.45) is 0.212. The van der Waals surface area contributed by atoms with E-state index in [1.54, 1.807) is 28.5 Å². The van der Waals surface area contributed by atoms with E-state index in [0.717, 1.165) is 11.5 Å². The first-order chi connectivity index (χ1) is 13.2. The topological polar surface area (TPSA) is 55.4 Å². The Bertz CT molecular complexity index is 764. The highest BCUT2D eigenvalue weighted by Crippen LogP contribution is 2.44. The van der Waals surface area contributed by atoms with Gasteiger partial charge in [-0.3, -0.25) is 4.79 Å². The van der Waals surface area contributed by atoms with Crippen LogP contribution in [0.25, 0.3) is 11.1 Å². The molecule has 0 spiro atoms. The van der Waals surface area contributed by atoms with E-state index < -0.39 is 0 Å². The van der Waals surface area contributed by atoms with Crippen LogP contribution in [0.5, 0.6) is 0 Å². The number of hydrogen-bond acceptors (Lipinski definition) is 5. The highest BCUT2D eigenvalue weighted by molar-refractivity contribution is 8.76. The molecule has 4 nitrogen and oxygen atoms in total. The Kier molecular flexibility index (Phi) is 7.24. The summed E-state index contributed by atoms with van der Waals surface area (Å²) in [5, 5.41) is 2.79. The van der Waals surface area contributed by atoms with Crippen molar-refractivity contribution in [2.24, 2.45) is 0 Å². The number of carbonyl (C=O) groups excluding carboxylic acids is 2. The third-order valence-corrected chi connectivity index (χ3v) is 6.83. The molecule has 1 amide bonds. The molecule has 0 saturated carbocycles. The molecular weight excluding hydrogens is 378 g/mol. The first-order valence-electron chi connectivity index (χ1n) is 8.99. The molecule has 0 bridgehead atoms. The number of ether oxygens (including phenoxy) is 1. The molecule has 0 unspecified atom stereocenters. The van der Waals surface area contributed by atoms with Crippen LogP contribution in [0, 0.1) is 0 Å². The van der Waals surface area contributed by atoms with Crippen LogP contribution in [-0.4, -0.2) is 36.5 Å². The number of ketones is 1. The lowest BCUT2D eigenvalue weighted by Crippen LogP contribution is -2.27. The molecule has 2 aromatic rings. The third-order valence-electron chi connectivity index (χ3n) is 4.42. The summed E-state index contributed by atoms with van der Waals surface area (Å²) in [6, 6.07) is 16.6. The average molecular weight is 402 g/mol. The minimum atomic E-state index is -0.383. The minimum Gasteiger partial charge on any atom is -0.449 e. The molecule has 0 aliphatic heterocycles. The second kappa shape index (κ2) is 9.85. The highest BCUT2D eigenvalue weighted by atomic mass is 33.1. The van der Waals surface area contributed by atoms with Crippen LogP contribution in [0.3, 0.4) is 0 Å². The van der Waals surface area contributed by atoms with Crippen molar-refractivity contribution < 1.29 is 14.3 Å². The normalized spacial score (nSPS) is 12.3. The smallest absolute Gasteiger partial charge is 0.407 e. The summed E-state index contributed by atoms with van der Waals surface area (Å²) >= 11 is 0. The molecule has 27 heavy (non-hydrogen) atoms. The second-order valence-corrected chi connectivity index (χ2v) is 9.05. The average Bonchev–Trinajstić information content (AvgIpc) is 2.99. The lowest BCUT2D eigenvalue weighted by molar-refractivity contribution is -0.116. The van der Waals surface area contributed by atoms with Gasteiger partial charge in [0.25, 0.3) is 0 Å². The zero-order valence-electron chi connectivity index (χ0n) is 15.3. The summed E-state index contributed by atoms with van der Waals surface area (Å²) in [4.78, 5) is 22.9. The van der Waals surface area contributed by atoms with E-state index in [1.165, 1.54) is 22.3 Å². The first-order valence-corrected chi connectivity index (χ1v) is 11.5. The van der Waals surface area contributed by atoms with Gasteiger partial charge in [-0.05, 0) is 29.2 Å². The van der Waals surface area contributed by atoms with Crippen LogP contribution in [0.1, 0.15) is 30.4 Å². The Hall–Kier alpha value is -1.92. The summed E-state index contributed by atoms with van der Waals surface area (Å²) in [5.74, 6) is 1.89. The van der Waals surface area contributed by atoms with Gasteiger partial charge < -0.3 is 10.1 Å². The van der Waals surface area contributed by atoms with Crippen LogP contribution >= 0.6 is 21.6 Å². The molecule has 1 N–H and O–H groups in total. The predicted molar refractivity (Wildman–Crippen MR) is 113 cm³/mol. The molecule has 2 aromatic carbocycles. The standard InChI is InChI=1S/C21H23NO3S2/c1-15(23)10-12-26-27-13-11-22-21(24)25-14-20-18-8-4-2-6-16(18)17-7-3-5-9-19(17)20/h2-9,20H,10-14H2,1H3,(H,22,24). The third kappa shape index (κ3) is 5.30. The molecule has 6 heteroatoms. The molecule has 0 heterocycles. The van der Waals surface area contributed by atoms with Gasteiger partial charge in [-0.15, -0.1) is 0 Å².